The van der Waals surface area contributed by atoms with Gasteiger partial charge in [0, 0.05) is 19.4 Å². The molecule has 0 radical (unpaired) electrons. The van der Waals surface area contributed by atoms with Crippen LogP contribution in [0.2, 0.25) is 19.1 Å². The average Bonchev–Trinajstić information content (AvgIpc) is 1.99. The van der Waals surface area contributed by atoms with Crippen molar-refractivity contribution in [3.63, 3.8) is 0 Å². The van der Waals surface area contributed by atoms with E-state index in [4.69, 9.17) is 10.2 Å². The predicted octanol–water partition coefficient (Wildman–Crippen LogP) is 1.53. The van der Waals surface area contributed by atoms with Crippen LogP contribution in [0.25, 0.3) is 0 Å². The van der Waals surface area contributed by atoms with Gasteiger partial charge in [0.25, 0.3) is 0 Å². The van der Waals surface area contributed by atoms with Gasteiger partial charge in [-0.1, -0.05) is 0 Å². The Bertz CT molecular complexity index is 100. The van der Waals surface area contributed by atoms with Crippen LogP contribution < -0.4 is 5.73 Å². The summed E-state index contributed by atoms with van der Waals surface area (Å²) in [6, 6.07) is 1.23. The molecule has 2 nitrogen and oxygen atoms in total. The van der Waals surface area contributed by atoms with E-state index in [2.05, 4.69) is 13.1 Å². The first-order chi connectivity index (χ1) is 5.12. The van der Waals surface area contributed by atoms with Gasteiger partial charge in [0.1, 0.15) is 0 Å². The van der Waals surface area contributed by atoms with Crippen molar-refractivity contribution >= 4 is 20.1 Å². The molecule has 11 heavy (non-hydrogen) atoms. The van der Waals surface area contributed by atoms with Crippen LogP contribution in [0.1, 0.15) is 0 Å². The maximum atomic E-state index is 5.41. The smallest absolute Gasteiger partial charge is 0.187 e. The molecule has 4 heteroatoms. The molecule has 0 aliphatic heterocycles. The van der Waals surface area contributed by atoms with Gasteiger partial charge in [-0.25, -0.2) is 0 Å². The zero-order valence-corrected chi connectivity index (χ0v) is 9.54. The highest BCUT2D eigenvalue weighted by Gasteiger charge is 2.19. The Morgan fingerprint density at radius 1 is 1.36 bits per heavy atom. The van der Waals surface area contributed by atoms with Gasteiger partial charge in [0.2, 0.25) is 0 Å². The van der Waals surface area contributed by atoms with E-state index in [0.29, 0.717) is 0 Å². The molecule has 0 aromatic carbocycles. The normalized spacial score (nSPS) is 12.0. The van der Waals surface area contributed by atoms with Crippen molar-refractivity contribution in [2.24, 2.45) is 5.73 Å². The highest BCUT2D eigenvalue weighted by molar-refractivity contribution is 7.99. The number of hydrogen-bond acceptors (Lipinski definition) is 3. The van der Waals surface area contributed by atoms with Crippen LogP contribution in [-0.2, 0) is 4.43 Å². The zero-order valence-electron chi connectivity index (χ0n) is 7.72. The molecule has 2 N–H and O–H groups in total. The lowest BCUT2D eigenvalue weighted by Crippen LogP contribution is -2.29. The fraction of sp³-hybridized carbons (Fsp3) is 1.00. The minimum absolute atomic E-state index is 0.791. The Hall–Kier alpha value is 0.487. The van der Waals surface area contributed by atoms with Crippen molar-refractivity contribution in [1.82, 2.24) is 0 Å². The highest BCUT2D eigenvalue weighted by atomic mass is 32.2. The van der Waals surface area contributed by atoms with Crippen LogP contribution in [0.15, 0.2) is 0 Å². The van der Waals surface area contributed by atoms with E-state index < -0.39 is 8.32 Å². The van der Waals surface area contributed by atoms with Crippen molar-refractivity contribution < 1.29 is 4.43 Å². The molecule has 0 saturated carbocycles. The van der Waals surface area contributed by atoms with Gasteiger partial charge in [-0.15, -0.1) is 0 Å². The van der Waals surface area contributed by atoms with Crippen LogP contribution in [0, 0.1) is 0 Å². The molecule has 0 heterocycles. The minimum Gasteiger partial charge on any atom is -0.420 e. The quantitative estimate of drug-likeness (QED) is 0.513. The molecule has 0 aliphatic carbocycles. The maximum absolute atomic E-state index is 5.41. The molecule has 0 rings (SSSR count). The molecule has 0 saturated heterocycles. The molecular weight excluding hydrogens is 174 g/mol. The van der Waals surface area contributed by atoms with Crippen molar-refractivity contribution in [2.45, 2.75) is 19.1 Å². The summed E-state index contributed by atoms with van der Waals surface area (Å²) < 4.78 is 5.41. The van der Waals surface area contributed by atoms with Crippen LogP contribution in [-0.4, -0.2) is 33.5 Å². The molecule has 0 aromatic heterocycles. The highest BCUT2D eigenvalue weighted by Crippen LogP contribution is 2.13. The Balaban J connectivity index is 3.23. The van der Waals surface area contributed by atoms with Crippen LogP contribution in [0.3, 0.4) is 0 Å². The van der Waals surface area contributed by atoms with Gasteiger partial charge in [-0.05, 0) is 24.9 Å². The van der Waals surface area contributed by atoms with Gasteiger partial charge in [0.05, 0.1) is 0 Å². The third kappa shape index (κ3) is 6.87. The standard InChI is InChI=1S/C7H19NOSSi/c1-9-11(2,3)7-6-10-5-4-8/h4-8H2,1-3H3. The fourth-order valence-corrected chi connectivity index (χ4v) is 3.72. The molecule has 0 atom stereocenters. The molecule has 0 aliphatic rings. The maximum Gasteiger partial charge on any atom is 0.187 e. The fourth-order valence-electron chi connectivity index (χ4n) is 0.605. The van der Waals surface area contributed by atoms with E-state index in [0.717, 1.165) is 12.3 Å². The average molecular weight is 193 g/mol. The topological polar surface area (TPSA) is 35.2 Å². The third-order valence-corrected chi connectivity index (χ3v) is 5.60. The second-order valence-corrected chi connectivity index (χ2v) is 8.77. The first kappa shape index (κ1) is 11.5. The minimum atomic E-state index is -1.29. The van der Waals surface area contributed by atoms with Crippen molar-refractivity contribution in [1.29, 1.82) is 0 Å². The van der Waals surface area contributed by atoms with Gasteiger partial charge < -0.3 is 10.2 Å². The van der Waals surface area contributed by atoms with E-state index in [1.807, 2.05) is 18.9 Å². The summed E-state index contributed by atoms with van der Waals surface area (Å²) in [5, 5.41) is 0. The number of thioether (sulfide) groups is 1. The van der Waals surface area contributed by atoms with E-state index in [1.54, 1.807) is 0 Å². The summed E-state index contributed by atoms with van der Waals surface area (Å²) in [5.41, 5.74) is 5.37. The second-order valence-electron chi connectivity index (χ2n) is 3.11. The Morgan fingerprint density at radius 3 is 2.45 bits per heavy atom. The van der Waals surface area contributed by atoms with E-state index in [9.17, 15) is 0 Å². The second kappa shape index (κ2) is 6.05. The largest absolute Gasteiger partial charge is 0.420 e. The lowest BCUT2D eigenvalue weighted by molar-refractivity contribution is 0.405. The van der Waals surface area contributed by atoms with E-state index in [-0.39, 0.29) is 0 Å². The SMILES string of the molecule is CO[Si](C)(C)CCSCCN. The Kier molecular flexibility index (Phi) is 6.32. The van der Waals surface area contributed by atoms with Gasteiger partial charge >= 0.3 is 0 Å². The summed E-state index contributed by atoms with van der Waals surface area (Å²) in [6.45, 7) is 5.28. The van der Waals surface area contributed by atoms with Crippen LogP contribution in [0.4, 0.5) is 0 Å². The third-order valence-electron chi connectivity index (χ3n) is 1.66. The summed E-state index contributed by atoms with van der Waals surface area (Å²) in [5.74, 6) is 2.28. The Labute approximate surface area is 75.0 Å². The van der Waals surface area contributed by atoms with E-state index in [1.165, 1.54) is 11.8 Å². The number of nitrogens with two attached hydrogens (primary N) is 1. The van der Waals surface area contributed by atoms with Gasteiger partial charge in [-0.2, -0.15) is 11.8 Å². The molecule has 0 unspecified atom stereocenters. The zero-order chi connectivity index (χ0) is 8.74. The van der Waals surface area contributed by atoms with Crippen molar-refractivity contribution in [2.75, 3.05) is 25.2 Å². The summed E-state index contributed by atoms with van der Waals surface area (Å²) in [6.07, 6.45) is 0. The lowest BCUT2D eigenvalue weighted by Gasteiger charge is -2.18. The monoisotopic (exact) mass is 193 g/mol. The molecule has 0 aromatic rings. The molecule has 0 amide bonds. The van der Waals surface area contributed by atoms with E-state index >= 15 is 0 Å². The first-order valence-corrected chi connectivity index (χ1v) is 8.22. The van der Waals surface area contributed by atoms with Crippen LogP contribution >= 0.6 is 11.8 Å². The predicted molar refractivity (Wildman–Crippen MR) is 55.7 cm³/mol. The summed E-state index contributed by atoms with van der Waals surface area (Å²) >= 11 is 1.93. The van der Waals surface area contributed by atoms with Crippen molar-refractivity contribution in [3.05, 3.63) is 0 Å². The molecule has 0 fully saturated rings. The first-order valence-electron chi connectivity index (χ1n) is 3.95. The summed E-state index contributed by atoms with van der Waals surface area (Å²) in [7, 11) is 0.530. The summed E-state index contributed by atoms with van der Waals surface area (Å²) in [4.78, 5) is 0. The Morgan fingerprint density at radius 2 is 2.00 bits per heavy atom. The lowest BCUT2D eigenvalue weighted by atomic mass is 10.8. The van der Waals surface area contributed by atoms with Crippen molar-refractivity contribution in [3.8, 4) is 0 Å². The van der Waals surface area contributed by atoms with Crippen LogP contribution in [0.5, 0.6) is 0 Å². The molecule has 0 spiro atoms. The molecule has 68 valence electrons. The van der Waals surface area contributed by atoms with Gasteiger partial charge in [0.15, 0.2) is 8.32 Å². The number of rotatable bonds is 6. The van der Waals surface area contributed by atoms with Gasteiger partial charge in [-0.3, -0.25) is 0 Å². The molecule has 0 bridgehead atoms. The number of hydrogen-bond donors (Lipinski definition) is 1. The molecular formula is C7H19NOSSi.